The van der Waals surface area contributed by atoms with Gasteiger partial charge in [-0.15, -0.1) is 0 Å². The van der Waals surface area contributed by atoms with Crippen LogP contribution in [0.3, 0.4) is 0 Å². The number of carbonyl (C=O) groups is 2. The van der Waals surface area contributed by atoms with Crippen LogP contribution in [0.2, 0.25) is 0 Å². The minimum Gasteiger partial charge on any atom is -0.465 e. The summed E-state index contributed by atoms with van der Waals surface area (Å²) in [6.45, 7) is 3.51. The third kappa shape index (κ3) is 5.28. The van der Waals surface area contributed by atoms with Crippen molar-refractivity contribution in [3.63, 3.8) is 0 Å². The lowest BCUT2D eigenvalue weighted by Crippen LogP contribution is -2.32. The van der Waals surface area contributed by atoms with Crippen LogP contribution < -0.4 is 15.8 Å². The zero-order valence-corrected chi connectivity index (χ0v) is 16.0. The first-order chi connectivity index (χ1) is 12.6. The highest BCUT2D eigenvalue weighted by Gasteiger charge is 2.16. The van der Waals surface area contributed by atoms with Crippen molar-refractivity contribution in [1.29, 1.82) is 0 Å². The number of anilines is 2. The molecular formula is C18H21N3O5S. The van der Waals surface area contributed by atoms with Gasteiger partial charge in [0.25, 0.3) is 0 Å². The van der Waals surface area contributed by atoms with Crippen molar-refractivity contribution < 1.29 is 22.7 Å². The third-order valence-electron chi connectivity index (χ3n) is 3.87. The lowest BCUT2D eigenvalue weighted by Gasteiger charge is -2.17. The van der Waals surface area contributed by atoms with Gasteiger partial charge in [0.1, 0.15) is 6.04 Å². The van der Waals surface area contributed by atoms with Crippen LogP contribution in [0.15, 0.2) is 47.4 Å². The molecule has 8 nitrogen and oxygen atoms in total. The fraction of sp³-hybridized carbons (Fsp3) is 0.222. The Balaban J connectivity index is 2.09. The Hall–Kier alpha value is -2.91. The number of carbonyl (C=O) groups excluding carboxylic acids is 2. The van der Waals surface area contributed by atoms with Crippen molar-refractivity contribution >= 4 is 33.3 Å². The van der Waals surface area contributed by atoms with Crippen molar-refractivity contribution in [2.45, 2.75) is 24.8 Å². The molecule has 0 saturated heterocycles. The molecule has 1 atom stereocenters. The van der Waals surface area contributed by atoms with Crippen LogP contribution in [0.1, 0.15) is 22.8 Å². The van der Waals surface area contributed by atoms with Gasteiger partial charge in [-0.1, -0.05) is 6.07 Å². The SMILES string of the molecule is COC(=O)c1ccc(C)c(N[C@H](C)C(=O)Nc2ccc(S(N)(=O)=O)cc2)c1. The first-order valence-electron chi connectivity index (χ1n) is 8.01. The number of methoxy groups -OCH3 is 1. The predicted octanol–water partition coefficient (Wildman–Crippen LogP) is 1.87. The number of benzene rings is 2. The molecule has 4 N–H and O–H groups in total. The van der Waals surface area contributed by atoms with E-state index in [1.807, 2.05) is 6.92 Å². The summed E-state index contributed by atoms with van der Waals surface area (Å²) >= 11 is 0. The number of esters is 1. The van der Waals surface area contributed by atoms with Gasteiger partial charge in [-0.25, -0.2) is 18.4 Å². The van der Waals surface area contributed by atoms with Gasteiger partial charge in [0.2, 0.25) is 15.9 Å². The maximum Gasteiger partial charge on any atom is 0.337 e. The number of rotatable bonds is 6. The van der Waals surface area contributed by atoms with E-state index < -0.39 is 22.0 Å². The predicted molar refractivity (Wildman–Crippen MR) is 102 cm³/mol. The molecule has 0 heterocycles. The molecule has 0 spiro atoms. The van der Waals surface area contributed by atoms with E-state index in [0.717, 1.165) is 5.56 Å². The topological polar surface area (TPSA) is 128 Å². The monoisotopic (exact) mass is 391 g/mol. The van der Waals surface area contributed by atoms with Crippen molar-refractivity contribution in [2.75, 3.05) is 17.7 Å². The van der Waals surface area contributed by atoms with Crippen LogP contribution in [-0.2, 0) is 19.6 Å². The molecule has 0 fully saturated rings. The standard InChI is InChI=1S/C18H21N3O5S/c1-11-4-5-13(18(23)26-3)10-16(11)20-12(2)17(22)21-14-6-8-15(9-7-14)27(19,24)25/h4-10,12,20H,1-3H3,(H,21,22)(H2,19,24,25)/t12-/m1/s1. The second-order valence-corrected chi connectivity index (χ2v) is 7.51. The molecule has 2 rings (SSSR count). The number of sulfonamides is 1. The zero-order chi connectivity index (χ0) is 20.2. The summed E-state index contributed by atoms with van der Waals surface area (Å²) in [5, 5.41) is 10.8. The quantitative estimate of drug-likeness (QED) is 0.645. The number of ether oxygens (including phenoxy) is 1. The molecule has 27 heavy (non-hydrogen) atoms. The Kier molecular flexibility index (Phi) is 6.19. The molecule has 0 radical (unpaired) electrons. The number of amides is 1. The van der Waals surface area contributed by atoms with E-state index in [1.165, 1.54) is 31.4 Å². The average molecular weight is 391 g/mol. The molecule has 2 aromatic carbocycles. The number of aryl methyl sites for hydroxylation is 1. The maximum atomic E-state index is 12.4. The molecule has 0 aliphatic carbocycles. The maximum absolute atomic E-state index is 12.4. The van der Waals surface area contributed by atoms with E-state index in [-0.39, 0.29) is 10.8 Å². The van der Waals surface area contributed by atoms with E-state index in [1.54, 1.807) is 25.1 Å². The first kappa shape index (κ1) is 20.4. The van der Waals surface area contributed by atoms with Gasteiger partial charge in [0.05, 0.1) is 17.6 Å². The summed E-state index contributed by atoms with van der Waals surface area (Å²) in [7, 11) is -2.49. The summed E-state index contributed by atoms with van der Waals surface area (Å²) in [6, 6.07) is 9.93. The number of primary sulfonamides is 1. The van der Waals surface area contributed by atoms with Gasteiger partial charge in [-0.2, -0.15) is 0 Å². The molecule has 0 saturated carbocycles. The highest BCUT2D eigenvalue weighted by molar-refractivity contribution is 7.89. The van der Waals surface area contributed by atoms with E-state index in [4.69, 9.17) is 9.88 Å². The van der Waals surface area contributed by atoms with Gasteiger partial charge in [-0.3, -0.25) is 4.79 Å². The Bertz CT molecular complexity index is 955. The molecule has 0 aliphatic rings. The smallest absolute Gasteiger partial charge is 0.337 e. The zero-order valence-electron chi connectivity index (χ0n) is 15.1. The van der Waals surface area contributed by atoms with Crippen LogP contribution in [-0.4, -0.2) is 33.4 Å². The fourth-order valence-corrected chi connectivity index (χ4v) is 2.82. The van der Waals surface area contributed by atoms with Crippen LogP contribution >= 0.6 is 0 Å². The normalized spacial score (nSPS) is 12.1. The summed E-state index contributed by atoms with van der Waals surface area (Å²) in [5.41, 5.74) is 2.29. The molecular weight excluding hydrogens is 370 g/mol. The molecule has 2 aromatic rings. The first-order valence-corrected chi connectivity index (χ1v) is 9.55. The van der Waals surface area contributed by atoms with Gasteiger partial charge in [0.15, 0.2) is 0 Å². The van der Waals surface area contributed by atoms with E-state index in [0.29, 0.717) is 16.9 Å². The number of hydrogen-bond donors (Lipinski definition) is 3. The molecule has 0 bridgehead atoms. The summed E-state index contributed by atoms with van der Waals surface area (Å²) < 4.78 is 27.2. The molecule has 0 aromatic heterocycles. The number of hydrogen-bond acceptors (Lipinski definition) is 6. The molecule has 1 amide bonds. The summed E-state index contributed by atoms with van der Waals surface area (Å²) in [6.07, 6.45) is 0. The van der Waals surface area contributed by atoms with E-state index >= 15 is 0 Å². The van der Waals surface area contributed by atoms with Crippen LogP contribution in [0, 0.1) is 6.92 Å². The van der Waals surface area contributed by atoms with Crippen LogP contribution in [0.4, 0.5) is 11.4 Å². The van der Waals surface area contributed by atoms with Gasteiger partial charge < -0.3 is 15.4 Å². The largest absolute Gasteiger partial charge is 0.465 e. The lowest BCUT2D eigenvalue weighted by molar-refractivity contribution is -0.116. The Morgan fingerprint density at radius 2 is 1.74 bits per heavy atom. The highest BCUT2D eigenvalue weighted by Crippen LogP contribution is 2.19. The molecule has 0 unspecified atom stereocenters. The second kappa shape index (κ2) is 8.19. The van der Waals surface area contributed by atoms with Crippen molar-refractivity contribution in [3.8, 4) is 0 Å². The van der Waals surface area contributed by atoms with E-state index in [9.17, 15) is 18.0 Å². The van der Waals surface area contributed by atoms with Gasteiger partial charge >= 0.3 is 5.97 Å². The van der Waals surface area contributed by atoms with Crippen molar-refractivity contribution in [1.82, 2.24) is 0 Å². The number of nitrogens with one attached hydrogen (secondary N) is 2. The van der Waals surface area contributed by atoms with Crippen molar-refractivity contribution in [2.24, 2.45) is 5.14 Å². The fourth-order valence-electron chi connectivity index (χ4n) is 2.30. The molecule has 144 valence electrons. The minimum absolute atomic E-state index is 0.0399. The lowest BCUT2D eigenvalue weighted by atomic mass is 10.1. The van der Waals surface area contributed by atoms with Gasteiger partial charge in [0, 0.05) is 11.4 Å². The Morgan fingerprint density at radius 1 is 1.11 bits per heavy atom. The van der Waals surface area contributed by atoms with E-state index in [2.05, 4.69) is 10.6 Å². The average Bonchev–Trinajstić information content (AvgIpc) is 2.62. The number of nitrogens with two attached hydrogens (primary N) is 1. The summed E-state index contributed by atoms with van der Waals surface area (Å²) in [5.74, 6) is -0.800. The minimum atomic E-state index is -3.79. The third-order valence-corrected chi connectivity index (χ3v) is 4.80. The van der Waals surface area contributed by atoms with Gasteiger partial charge in [-0.05, 0) is 55.8 Å². The molecule has 9 heteroatoms. The second-order valence-electron chi connectivity index (χ2n) is 5.95. The summed E-state index contributed by atoms with van der Waals surface area (Å²) in [4.78, 5) is 24.0. The molecule has 0 aliphatic heterocycles. The van der Waals surface area contributed by atoms with Crippen molar-refractivity contribution in [3.05, 3.63) is 53.6 Å². The van der Waals surface area contributed by atoms with Crippen LogP contribution in [0.5, 0.6) is 0 Å². The Morgan fingerprint density at radius 3 is 2.30 bits per heavy atom. The Labute approximate surface area is 157 Å². The van der Waals surface area contributed by atoms with Crippen LogP contribution in [0.25, 0.3) is 0 Å². The highest BCUT2D eigenvalue weighted by atomic mass is 32.2.